The fraction of sp³-hybridized carbons (Fsp3) is 0.400. The van der Waals surface area contributed by atoms with Crippen LogP contribution < -0.4 is 10.6 Å². The molecule has 1 aromatic carbocycles. The number of carbonyl (C=O) groups is 1. The van der Waals surface area contributed by atoms with E-state index in [2.05, 4.69) is 50.8 Å². The summed E-state index contributed by atoms with van der Waals surface area (Å²) in [6.45, 7) is 3.73. The van der Waals surface area contributed by atoms with Gasteiger partial charge in [-0.1, -0.05) is 30.3 Å². The quantitative estimate of drug-likeness (QED) is 0.850. The van der Waals surface area contributed by atoms with Crippen LogP contribution in [0.15, 0.2) is 48.7 Å². The smallest absolute Gasteiger partial charge is 0.251 e. The summed E-state index contributed by atoms with van der Waals surface area (Å²) >= 11 is 0. The molecule has 5 nitrogen and oxygen atoms in total. The first-order chi connectivity index (χ1) is 12.3. The van der Waals surface area contributed by atoms with Gasteiger partial charge in [0.05, 0.1) is 0 Å². The van der Waals surface area contributed by atoms with Crippen LogP contribution in [0, 0.1) is 0 Å². The van der Waals surface area contributed by atoms with Gasteiger partial charge >= 0.3 is 0 Å². The number of hydrogen-bond acceptors (Lipinski definition) is 4. The number of nitrogens with one attached hydrogen (secondary N) is 2. The number of aromatic nitrogens is 1. The van der Waals surface area contributed by atoms with Crippen LogP contribution in [0.1, 0.15) is 34.7 Å². The first-order valence-electron chi connectivity index (χ1n) is 8.95. The monoisotopic (exact) mass is 338 g/mol. The van der Waals surface area contributed by atoms with Crippen LogP contribution >= 0.6 is 0 Å². The van der Waals surface area contributed by atoms with Crippen molar-refractivity contribution in [2.24, 2.45) is 0 Å². The molecule has 5 heteroatoms. The average molecular weight is 338 g/mol. The fourth-order valence-corrected chi connectivity index (χ4v) is 3.39. The first kappa shape index (κ1) is 17.4. The van der Waals surface area contributed by atoms with E-state index in [-0.39, 0.29) is 5.91 Å². The van der Waals surface area contributed by atoms with Gasteiger partial charge in [-0.3, -0.25) is 4.79 Å². The summed E-state index contributed by atoms with van der Waals surface area (Å²) in [5.74, 6) is 1.26. The predicted octanol–water partition coefficient (Wildman–Crippen LogP) is 2.73. The van der Waals surface area contributed by atoms with Crippen LogP contribution in [0.5, 0.6) is 0 Å². The molecule has 132 valence electrons. The SMILES string of the molecule is CNc1cc(C(=O)NCCN2CCC[C@H](c3ccccc3)C2)ccn1. The second-order valence-corrected chi connectivity index (χ2v) is 6.49. The minimum absolute atomic E-state index is 0.0458. The Morgan fingerprint density at radius 1 is 1.28 bits per heavy atom. The van der Waals surface area contributed by atoms with Crippen molar-refractivity contribution in [2.45, 2.75) is 18.8 Å². The second kappa shape index (κ2) is 8.62. The van der Waals surface area contributed by atoms with Gasteiger partial charge in [0.2, 0.25) is 0 Å². The van der Waals surface area contributed by atoms with Crippen molar-refractivity contribution in [3.05, 3.63) is 59.8 Å². The van der Waals surface area contributed by atoms with Crippen molar-refractivity contribution < 1.29 is 4.79 Å². The maximum Gasteiger partial charge on any atom is 0.251 e. The third-order valence-corrected chi connectivity index (χ3v) is 4.77. The molecule has 3 rings (SSSR count). The lowest BCUT2D eigenvalue weighted by molar-refractivity contribution is 0.0945. The molecule has 1 amide bonds. The van der Waals surface area contributed by atoms with Crippen molar-refractivity contribution in [3.63, 3.8) is 0 Å². The Morgan fingerprint density at radius 3 is 2.92 bits per heavy atom. The zero-order valence-electron chi connectivity index (χ0n) is 14.7. The third kappa shape index (κ3) is 4.79. The van der Waals surface area contributed by atoms with E-state index in [0.717, 1.165) is 19.6 Å². The van der Waals surface area contributed by atoms with Crippen LogP contribution in [-0.2, 0) is 0 Å². The normalized spacial score (nSPS) is 17.9. The number of nitrogens with zero attached hydrogens (tertiary/aromatic N) is 2. The highest BCUT2D eigenvalue weighted by atomic mass is 16.1. The molecule has 0 spiro atoms. The molecule has 0 aliphatic carbocycles. The minimum Gasteiger partial charge on any atom is -0.373 e. The first-order valence-corrected chi connectivity index (χ1v) is 8.95. The molecule has 0 bridgehead atoms. The van der Waals surface area contributed by atoms with Crippen molar-refractivity contribution in [2.75, 3.05) is 38.5 Å². The van der Waals surface area contributed by atoms with E-state index in [1.54, 1.807) is 25.4 Å². The maximum atomic E-state index is 12.3. The van der Waals surface area contributed by atoms with Gasteiger partial charge in [0.25, 0.3) is 5.91 Å². The molecule has 2 heterocycles. The number of amides is 1. The highest BCUT2D eigenvalue weighted by molar-refractivity contribution is 5.94. The highest BCUT2D eigenvalue weighted by Crippen LogP contribution is 2.26. The highest BCUT2D eigenvalue weighted by Gasteiger charge is 2.20. The summed E-state index contributed by atoms with van der Waals surface area (Å²) in [5, 5.41) is 5.97. The molecule has 1 fully saturated rings. The Hall–Kier alpha value is -2.40. The molecule has 1 atom stereocenters. The predicted molar refractivity (Wildman–Crippen MR) is 101 cm³/mol. The van der Waals surface area contributed by atoms with Gasteiger partial charge in [0.15, 0.2) is 0 Å². The van der Waals surface area contributed by atoms with E-state index < -0.39 is 0 Å². The number of anilines is 1. The van der Waals surface area contributed by atoms with E-state index >= 15 is 0 Å². The van der Waals surface area contributed by atoms with Crippen LogP contribution in [0.25, 0.3) is 0 Å². The largest absolute Gasteiger partial charge is 0.373 e. The summed E-state index contributed by atoms with van der Waals surface area (Å²) in [6.07, 6.45) is 4.11. The number of carbonyl (C=O) groups excluding carboxylic acids is 1. The molecule has 1 saturated heterocycles. The van der Waals surface area contributed by atoms with Crippen molar-refractivity contribution in [1.82, 2.24) is 15.2 Å². The molecule has 25 heavy (non-hydrogen) atoms. The van der Waals surface area contributed by atoms with Crippen LogP contribution in [0.3, 0.4) is 0 Å². The lowest BCUT2D eigenvalue weighted by atomic mass is 9.91. The summed E-state index contributed by atoms with van der Waals surface area (Å²) < 4.78 is 0. The van der Waals surface area contributed by atoms with Gasteiger partial charge in [-0.25, -0.2) is 4.98 Å². The Morgan fingerprint density at radius 2 is 2.12 bits per heavy atom. The molecule has 0 saturated carbocycles. The molecular formula is C20H26N4O. The molecular weight excluding hydrogens is 312 g/mol. The van der Waals surface area contributed by atoms with E-state index in [4.69, 9.17) is 0 Å². The Labute approximate surface area is 149 Å². The van der Waals surface area contributed by atoms with E-state index in [1.165, 1.54) is 18.4 Å². The molecule has 2 aromatic rings. The number of likely N-dealkylation sites (tertiary alicyclic amines) is 1. The van der Waals surface area contributed by atoms with Crippen LogP contribution in [0.2, 0.25) is 0 Å². The summed E-state index contributed by atoms with van der Waals surface area (Å²) in [7, 11) is 1.80. The van der Waals surface area contributed by atoms with E-state index in [1.807, 2.05) is 0 Å². The molecule has 0 radical (unpaired) electrons. The summed E-state index contributed by atoms with van der Waals surface area (Å²) in [6, 6.07) is 14.2. The van der Waals surface area contributed by atoms with Gasteiger partial charge in [-0.15, -0.1) is 0 Å². The number of pyridine rings is 1. The Bertz CT molecular complexity index is 689. The van der Waals surface area contributed by atoms with Gasteiger partial charge in [0, 0.05) is 38.4 Å². The van der Waals surface area contributed by atoms with E-state index in [0.29, 0.717) is 23.8 Å². The standard InChI is InChI=1S/C20H26N4O/c1-21-19-14-17(9-10-22-19)20(25)23-11-13-24-12-5-8-18(15-24)16-6-3-2-4-7-16/h2-4,6-7,9-10,14,18H,5,8,11-13,15H2,1H3,(H,21,22)(H,23,25)/t18-/m0/s1. The summed E-state index contributed by atoms with van der Waals surface area (Å²) in [5.41, 5.74) is 2.06. The van der Waals surface area contributed by atoms with Gasteiger partial charge in [-0.2, -0.15) is 0 Å². The van der Waals surface area contributed by atoms with E-state index in [9.17, 15) is 4.79 Å². The van der Waals surface area contributed by atoms with Crippen molar-refractivity contribution >= 4 is 11.7 Å². The zero-order valence-corrected chi connectivity index (χ0v) is 14.7. The number of rotatable bonds is 6. The maximum absolute atomic E-state index is 12.3. The Balaban J connectivity index is 1.47. The number of hydrogen-bond donors (Lipinski definition) is 2. The van der Waals surface area contributed by atoms with Crippen molar-refractivity contribution in [3.8, 4) is 0 Å². The lowest BCUT2D eigenvalue weighted by Crippen LogP contribution is -2.40. The number of piperidine rings is 1. The van der Waals surface area contributed by atoms with Crippen LogP contribution in [0.4, 0.5) is 5.82 Å². The molecule has 1 aliphatic heterocycles. The van der Waals surface area contributed by atoms with Crippen molar-refractivity contribution in [1.29, 1.82) is 0 Å². The third-order valence-electron chi connectivity index (χ3n) is 4.77. The minimum atomic E-state index is -0.0458. The van der Waals surface area contributed by atoms with Gasteiger partial charge in [0.1, 0.15) is 5.82 Å². The fourth-order valence-electron chi connectivity index (χ4n) is 3.39. The topological polar surface area (TPSA) is 57.3 Å². The van der Waals surface area contributed by atoms with Gasteiger partial charge in [-0.05, 0) is 43.0 Å². The molecule has 1 aromatic heterocycles. The molecule has 0 unspecified atom stereocenters. The van der Waals surface area contributed by atoms with Gasteiger partial charge < -0.3 is 15.5 Å². The average Bonchev–Trinajstić information content (AvgIpc) is 2.69. The second-order valence-electron chi connectivity index (χ2n) is 6.49. The molecule has 1 aliphatic rings. The molecule has 2 N–H and O–H groups in total. The lowest BCUT2D eigenvalue weighted by Gasteiger charge is -2.33. The summed E-state index contributed by atoms with van der Waals surface area (Å²) in [4.78, 5) is 18.8. The number of benzene rings is 1. The zero-order chi connectivity index (χ0) is 17.5. The Kier molecular flexibility index (Phi) is 6.01. The van der Waals surface area contributed by atoms with Crippen LogP contribution in [-0.4, -0.2) is 49.0 Å².